The van der Waals surface area contributed by atoms with Crippen LogP contribution in [0.25, 0.3) is 6.08 Å². The fourth-order valence-electron chi connectivity index (χ4n) is 2.13. The van der Waals surface area contributed by atoms with E-state index >= 15 is 0 Å². The molecule has 6 nitrogen and oxygen atoms in total. The summed E-state index contributed by atoms with van der Waals surface area (Å²) in [6.45, 7) is -0.475. The zero-order valence-electron chi connectivity index (χ0n) is 13.3. The lowest BCUT2D eigenvalue weighted by Crippen LogP contribution is -2.19. The van der Waals surface area contributed by atoms with Gasteiger partial charge in [-0.1, -0.05) is 18.2 Å². The molecule has 1 heterocycles. The van der Waals surface area contributed by atoms with E-state index in [2.05, 4.69) is 10.3 Å². The maximum absolute atomic E-state index is 12.9. The van der Waals surface area contributed by atoms with Crippen molar-refractivity contribution in [3.63, 3.8) is 0 Å². The largest absolute Gasteiger partial charge is 0.481 e. The van der Waals surface area contributed by atoms with E-state index in [0.717, 1.165) is 11.8 Å². The molecule has 26 heavy (non-hydrogen) atoms. The molecule has 2 aromatic rings. The van der Waals surface area contributed by atoms with Gasteiger partial charge in [-0.3, -0.25) is 4.79 Å². The first-order chi connectivity index (χ1) is 12.5. The minimum Gasteiger partial charge on any atom is -0.481 e. The van der Waals surface area contributed by atoms with E-state index in [1.807, 2.05) is 0 Å². The van der Waals surface area contributed by atoms with Crippen LogP contribution in [-0.4, -0.2) is 28.8 Å². The summed E-state index contributed by atoms with van der Waals surface area (Å²) in [5.41, 5.74) is 1.09. The summed E-state index contributed by atoms with van der Waals surface area (Å²) < 4.78 is 18.2. The van der Waals surface area contributed by atoms with Crippen LogP contribution in [0, 0.1) is 5.82 Å². The molecule has 1 amide bonds. The average molecular weight is 372 g/mol. The Labute approximate surface area is 152 Å². The molecule has 1 aliphatic heterocycles. The van der Waals surface area contributed by atoms with Gasteiger partial charge in [0, 0.05) is 5.56 Å². The first-order valence-electron chi connectivity index (χ1n) is 7.50. The standard InChI is InChI=1S/C18H13FN2O4S/c19-12-5-7-13(8-6-12)20-18-21-17(24)15(26-18)9-11-3-1-2-4-14(11)25-10-16(22)23/h1-9H,10H2,(H,22,23)(H,20,21,24)/b15-9+. The molecule has 0 radical (unpaired) electrons. The lowest BCUT2D eigenvalue weighted by Gasteiger charge is -2.06. The molecule has 0 bridgehead atoms. The van der Waals surface area contributed by atoms with E-state index in [1.165, 1.54) is 24.3 Å². The van der Waals surface area contributed by atoms with Crippen molar-refractivity contribution in [1.29, 1.82) is 0 Å². The highest BCUT2D eigenvalue weighted by molar-refractivity contribution is 8.18. The molecule has 132 valence electrons. The number of carboxylic acids is 1. The van der Waals surface area contributed by atoms with Gasteiger partial charge in [-0.2, -0.15) is 0 Å². The first-order valence-corrected chi connectivity index (χ1v) is 8.32. The molecule has 8 heteroatoms. The highest BCUT2D eigenvalue weighted by Crippen LogP contribution is 2.30. The normalized spacial score (nSPS) is 16.7. The number of aliphatic imine (C=N–C) groups is 1. The van der Waals surface area contributed by atoms with Crippen molar-refractivity contribution >= 4 is 40.6 Å². The molecule has 0 saturated carbocycles. The number of nitrogens with zero attached hydrogens (tertiary/aromatic N) is 1. The number of halogens is 1. The average Bonchev–Trinajstić information content (AvgIpc) is 2.95. The van der Waals surface area contributed by atoms with Crippen LogP contribution in [0.4, 0.5) is 10.1 Å². The number of hydrogen-bond acceptors (Lipinski definition) is 5. The zero-order chi connectivity index (χ0) is 18.5. The minimum absolute atomic E-state index is 0.330. The van der Waals surface area contributed by atoms with Gasteiger partial charge in [-0.05, 0) is 48.2 Å². The summed E-state index contributed by atoms with van der Waals surface area (Å²) in [5.74, 6) is -1.42. The van der Waals surface area contributed by atoms with Gasteiger partial charge in [0.1, 0.15) is 11.6 Å². The van der Waals surface area contributed by atoms with Crippen LogP contribution < -0.4 is 10.1 Å². The fourth-order valence-corrected chi connectivity index (χ4v) is 2.96. The number of aliphatic carboxylic acids is 1. The number of rotatable bonds is 5. The minimum atomic E-state index is -1.09. The Bertz CT molecular complexity index is 910. The van der Waals surface area contributed by atoms with Gasteiger partial charge in [0.25, 0.3) is 5.91 Å². The van der Waals surface area contributed by atoms with E-state index in [9.17, 15) is 14.0 Å². The van der Waals surface area contributed by atoms with Gasteiger partial charge in [0.2, 0.25) is 0 Å². The van der Waals surface area contributed by atoms with Gasteiger partial charge in [-0.25, -0.2) is 14.2 Å². The Kier molecular flexibility index (Phi) is 5.33. The predicted molar refractivity (Wildman–Crippen MR) is 96.8 cm³/mol. The Hall–Kier alpha value is -3.13. The maximum Gasteiger partial charge on any atom is 0.341 e. The lowest BCUT2D eigenvalue weighted by molar-refractivity contribution is -0.139. The third-order valence-corrected chi connectivity index (χ3v) is 4.17. The van der Waals surface area contributed by atoms with Gasteiger partial charge in [-0.15, -0.1) is 0 Å². The molecule has 0 unspecified atom stereocenters. The second-order valence-corrected chi connectivity index (χ2v) is 6.21. The Morgan fingerprint density at radius 2 is 1.96 bits per heavy atom. The van der Waals surface area contributed by atoms with Gasteiger partial charge >= 0.3 is 5.97 Å². The number of ether oxygens (including phenoxy) is 1. The van der Waals surface area contributed by atoms with Gasteiger partial charge in [0.15, 0.2) is 11.8 Å². The second-order valence-electron chi connectivity index (χ2n) is 5.18. The van der Waals surface area contributed by atoms with E-state index < -0.39 is 12.6 Å². The van der Waals surface area contributed by atoms with Crippen LogP contribution >= 0.6 is 11.8 Å². The van der Waals surface area contributed by atoms with Crippen molar-refractivity contribution in [2.45, 2.75) is 0 Å². The number of carbonyl (C=O) groups is 2. The second kappa shape index (κ2) is 7.83. The molecular weight excluding hydrogens is 359 g/mol. The number of carboxylic acid groups (broad SMARTS) is 1. The molecule has 0 aliphatic carbocycles. The van der Waals surface area contributed by atoms with Crippen molar-refractivity contribution in [2.24, 2.45) is 4.99 Å². The summed E-state index contributed by atoms with van der Waals surface area (Å²) in [5, 5.41) is 11.7. The highest BCUT2D eigenvalue weighted by Gasteiger charge is 2.24. The number of para-hydroxylation sites is 1. The molecule has 0 atom stereocenters. The maximum atomic E-state index is 12.9. The Balaban J connectivity index is 1.81. The summed E-state index contributed by atoms with van der Waals surface area (Å²) in [6, 6.07) is 12.4. The van der Waals surface area contributed by atoms with Crippen LogP contribution in [0.2, 0.25) is 0 Å². The van der Waals surface area contributed by atoms with Crippen LogP contribution in [0.3, 0.4) is 0 Å². The molecule has 2 aromatic carbocycles. The van der Waals surface area contributed by atoms with Gasteiger partial charge in [0.05, 0.1) is 10.6 Å². The van der Waals surface area contributed by atoms with Crippen molar-refractivity contribution in [2.75, 3.05) is 6.61 Å². The number of carbonyl (C=O) groups excluding carboxylic acids is 1. The first kappa shape index (κ1) is 17.7. The van der Waals surface area contributed by atoms with Crippen LogP contribution in [0.15, 0.2) is 58.4 Å². The van der Waals surface area contributed by atoms with Crippen LogP contribution in [0.1, 0.15) is 5.56 Å². The number of benzene rings is 2. The quantitative estimate of drug-likeness (QED) is 0.787. The smallest absolute Gasteiger partial charge is 0.341 e. The molecule has 1 aliphatic rings. The van der Waals surface area contributed by atoms with E-state index in [1.54, 1.807) is 30.3 Å². The summed E-state index contributed by atoms with van der Waals surface area (Å²) >= 11 is 1.13. The van der Waals surface area contributed by atoms with Crippen molar-refractivity contribution in [3.05, 3.63) is 64.8 Å². The number of nitrogens with one attached hydrogen (secondary N) is 1. The van der Waals surface area contributed by atoms with Crippen molar-refractivity contribution in [3.8, 4) is 5.75 Å². The van der Waals surface area contributed by atoms with E-state index in [-0.39, 0.29) is 11.7 Å². The highest BCUT2D eigenvalue weighted by atomic mass is 32.2. The SMILES string of the molecule is O=C(O)COc1ccccc1/C=C1/SC(=Nc2ccc(F)cc2)NC1=O. The summed E-state index contributed by atoms with van der Waals surface area (Å²) in [6.07, 6.45) is 1.60. The molecule has 3 rings (SSSR count). The van der Waals surface area contributed by atoms with Gasteiger partial charge < -0.3 is 15.2 Å². The van der Waals surface area contributed by atoms with Crippen molar-refractivity contribution in [1.82, 2.24) is 5.32 Å². The van der Waals surface area contributed by atoms with Crippen LogP contribution in [0.5, 0.6) is 5.75 Å². The van der Waals surface area contributed by atoms with E-state index in [4.69, 9.17) is 9.84 Å². The number of thioether (sulfide) groups is 1. The molecule has 1 saturated heterocycles. The third-order valence-electron chi connectivity index (χ3n) is 3.26. The Morgan fingerprint density at radius 1 is 1.23 bits per heavy atom. The molecular formula is C18H13FN2O4S. The number of hydrogen-bond donors (Lipinski definition) is 2. The zero-order valence-corrected chi connectivity index (χ0v) is 14.1. The predicted octanol–water partition coefficient (Wildman–Crippen LogP) is 3.18. The molecule has 0 spiro atoms. The Morgan fingerprint density at radius 3 is 2.69 bits per heavy atom. The molecule has 2 N–H and O–H groups in total. The fraction of sp³-hybridized carbons (Fsp3) is 0.0556. The number of amidine groups is 1. The molecule has 1 fully saturated rings. The summed E-state index contributed by atoms with van der Waals surface area (Å²) in [4.78, 5) is 27.4. The van der Waals surface area contributed by atoms with Crippen LogP contribution in [-0.2, 0) is 9.59 Å². The topological polar surface area (TPSA) is 88.0 Å². The van der Waals surface area contributed by atoms with E-state index in [0.29, 0.717) is 27.1 Å². The lowest BCUT2D eigenvalue weighted by atomic mass is 10.2. The summed E-state index contributed by atoms with van der Waals surface area (Å²) in [7, 11) is 0. The molecule has 0 aromatic heterocycles. The van der Waals surface area contributed by atoms with Crippen molar-refractivity contribution < 1.29 is 23.8 Å². The monoisotopic (exact) mass is 372 g/mol. The third kappa shape index (κ3) is 4.48. The number of amides is 1.